The maximum Gasteiger partial charge on any atom is 0.270 e. The van der Waals surface area contributed by atoms with E-state index in [-0.39, 0.29) is 11.6 Å². The largest absolute Gasteiger partial charge is 0.760 e. The van der Waals surface area contributed by atoms with Gasteiger partial charge in [-0.05, 0) is 24.6 Å². The number of hydrogen-bond acceptors (Lipinski definition) is 7. The summed E-state index contributed by atoms with van der Waals surface area (Å²) in [7, 11) is 1.74. The van der Waals surface area contributed by atoms with Crippen molar-refractivity contribution in [1.82, 2.24) is 29.8 Å². The molecule has 11 heteroatoms. The van der Waals surface area contributed by atoms with Crippen LogP contribution >= 0.6 is 11.3 Å². The third-order valence-corrected chi connectivity index (χ3v) is 5.03. The summed E-state index contributed by atoms with van der Waals surface area (Å²) in [6.45, 7) is 2.28. The van der Waals surface area contributed by atoms with Crippen LogP contribution < -0.4 is 10.0 Å². The molecule has 3 aromatic rings. The van der Waals surface area contributed by atoms with Crippen molar-refractivity contribution in [2.75, 3.05) is 0 Å². The molecular formula is C16H17N6O3S2-. The third-order valence-electron chi connectivity index (χ3n) is 3.69. The average Bonchev–Trinajstić information content (AvgIpc) is 3.26. The molecule has 3 heterocycles. The van der Waals surface area contributed by atoms with Crippen LogP contribution in [0, 0.1) is 6.92 Å². The SMILES string of the molecule is Cc1ncc(CNC(=O)c2ccc(C(NS(=O)[O-])c3ccn(C)n3)cn2)s1. The van der Waals surface area contributed by atoms with Crippen molar-refractivity contribution in [2.45, 2.75) is 19.5 Å². The minimum absolute atomic E-state index is 0.239. The zero-order valence-corrected chi connectivity index (χ0v) is 16.2. The monoisotopic (exact) mass is 405 g/mol. The zero-order chi connectivity index (χ0) is 19.4. The Morgan fingerprint density at radius 2 is 2.15 bits per heavy atom. The van der Waals surface area contributed by atoms with Gasteiger partial charge in [0.1, 0.15) is 5.69 Å². The van der Waals surface area contributed by atoms with E-state index in [0.29, 0.717) is 17.8 Å². The molecule has 0 bridgehead atoms. The summed E-state index contributed by atoms with van der Waals surface area (Å²) in [6.07, 6.45) is 4.90. The second-order valence-corrected chi connectivity index (χ2v) is 7.73. The van der Waals surface area contributed by atoms with Gasteiger partial charge in [0.2, 0.25) is 0 Å². The normalized spacial score (nSPS) is 13.3. The van der Waals surface area contributed by atoms with E-state index in [1.54, 1.807) is 42.3 Å². The number of thiazole rings is 1. The predicted octanol–water partition coefficient (Wildman–Crippen LogP) is 0.983. The first-order valence-electron chi connectivity index (χ1n) is 7.93. The number of carbonyl (C=O) groups is 1. The molecule has 2 atom stereocenters. The zero-order valence-electron chi connectivity index (χ0n) is 14.6. The second kappa shape index (κ2) is 8.48. The van der Waals surface area contributed by atoms with E-state index in [9.17, 15) is 13.6 Å². The van der Waals surface area contributed by atoms with E-state index in [4.69, 9.17) is 0 Å². The van der Waals surface area contributed by atoms with Gasteiger partial charge in [0, 0.05) is 41.8 Å². The number of pyridine rings is 1. The lowest BCUT2D eigenvalue weighted by molar-refractivity contribution is 0.0946. The third kappa shape index (κ3) is 5.04. The standard InChI is InChI=1S/C16H18N6O3S2/c1-10-17-8-12(26-10)9-19-16(23)14-4-3-11(7-18-14)15(21-27(24)25)13-5-6-22(2)20-13/h3-8,15,21H,9H2,1-2H3,(H,19,23)(H,24,25)/p-1. The summed E-state index contributed by atoms with van der Waals surface area (Å²) in [5.74, 6) is -0.317. The van der Waals surface area contributed by atoms with Crippen molar-refractivity contribution in [3.05, 3.63) is 63.6 Å². The average molecular weight is 405 g/mol. The number of aromatic nitrogens is 4. The van der Waals surface area contributed by atoms with Crippen LogP contribution in [0.25, 0.3) is 0 Å². The van der Waals surface area contributed by atoms with Gasteiger partial charge in [0.25, 0.3) is 5.91 Å². The smallest absolute Gasteiger partial charge is 0.270 e. The van der Waals surface area contributed by atoms with Crippen molar-refractivity contribution < 1.29 is 13.6 Å². The molecular weight excluding hydrogens is 388 g/mol. The Morgan fingerprint density at radius 1 is 1.33 bits per heavy atom. The number of carbonyl (C=O) groups excluding carboxylic acids is 1. The maximum atomic E-state index is 12.2. The topological polar surface area (TPSA) is 125 Å². The van der Waals surface area contributed by atoms with Crippen LogP contribution in [0.2, 0.25) is 0 Å². The first-order chi connectivity index (χ1) is 12.9. The van der Waals surface area contributed by atoms with Crippen molar-refractivity contribution in [2.24, 2.45) is 7.05 Å². The highest BCUT2D eigenvalue weighted by molar-refractivity contribution is 7.77. The highest BCUT2D eigenvalue weighted by atomic mass is 32.2. The molecule has 142 valence electrons. The van der Waals surface area contributed by atoms with E-state index < -0.39 is 17.3 Å². The van der Waals surface area contributed by atoms with Crippen molar-refractivity contribution >= 4 is 28.5 Å². The summed E-state index contributed by atoms with van der Waals surface area (Å²) in [4.78, 5) is 21.5. The van der Waals surface area contributed by atoms with Crippen LogP contribution in [0.5, 0.6) is 0 Å². The number of amides is 1. The molecule has 0 fully saturated rings. The van der Waals surface area contributed by atoms with Gasteiger partial charge < -0.3 is 9.87 Å². The van der Waals surface area contributed by atoms with E-state index in [1.165, 1.54) is 17.5 Å². The van der Waals surface area contributed by atoms with Gasteiger partial charge in [-0.25, -0.2) is 9.71 Å². The first-order valence-corrected chi connectivity index (χ1v) is 9.82. The minimum Gasteiger partial charge on any atom is -0.760 e. The summed E-state index contributed by atoms with van der Waals surface area (Å²) >= 11 is -0.970. The Kier molecular flexibility index (Phi) is 6.06. The number of rotatable bonds is 7. The molecule has 9 nitrogen and oxygen atoms in total. The molecule has 0 aromatic carbocycles. The van der Waals surface area contributed by atoms with Crippen molar-refractivity contribution in [1.29, 1.82) is 0 Å². The number of aryl methyl sites for hydroxylation is 2. The first kappa shape index (κ1) is 19.3. The minimum atomic E-state index is -2.48. The number of nitrogens with one attached hydrogen (secondary N) is 2. The molecule has 0 aliphatic heterocycles. The summed E-state index contributed by atoms with van der Waals surface area (Å²) in [5, 5.41) is 7.95. The summed E-state index contributed by atoms with van der Waals surface area (Å²) < 4.78 is 26.2. The molecule has 0 aliphatic rings. The number of hydrogen-bond donors (Lipinski definition) is 2. The fourth-order valence-electron chi connectivity index (χ4n) is 2.44. The summed E-state index contributed by atoms with van der Waals surface area (Å²) in [5.41, 5.74) is 1.34. The van der Waals surface area contributed by atoms with E-state index >= 15 is 0 Å². The van der Waals surface area contributed by atoms with Crippen LogP contribution in [0.4, 0.5) is 0 Å². The molecule has 27 heavy (non-hydrogen) atoms. The number of nitrogens with zero attached hydrogens (tertiary/aromatic N) is 4. The lowest BCUT2D eigenvalue weighted by atomic mass is 10.1. The molecule has 2 unspecified atom stereocenters. The van der Waals surface area contributed by atoms with E-state index in [2.05, 4.69) is 25.1 Å². The van der Waals surface area contributed by atoms with Crippen molar-refractivity contribution in [3.63, 3.8) is 0 Å². The van der Waals surface area contributed by atoms with Gasteiger partial charge in [-0.15, -0.1) is 11.3 Å². The molecule has 2 N–H and O–H groups in total. The molecule has 0 radical (unpaired) electrons. The lowest BCUT2D eigenvalue weighted by Crippen LogP contribution is -2.26. The van der Waals surface area contributed by atoms with E-state index in [1.807, 2.05) is 6.92 Å². The maximum absolute atomic E-state index is 12.2. The second-order valence-electron chi connectivity index (χ2n) is 5.70. The van der Waals surface area contributed by atoms with E-state index in [0.717, 1.165) is 9.88 Å². The Bertz CT molecular complexity index is 953. The van der Waals surface area contributed by atoms with Gasteiger partial charge in [0.15, 0.2) is 0 Å². The van der Waals surface area contributed by atoms with Crippen LogP contribution in [-0.4, -0.2) is 34.4 Å². The van der Waals surface area contributed by atoms with Gasteiger partial charge >= 0.3 is 0 Å². The Morgan fingerprint density at radius 3 is 2.70 bits per heavy atom. The Labute approximate surface area is 162 Å². The molecule has 3 aromatic heterocycles. The van der Waals surface area contributed by atoms with Gasteiger partial charge in [-0.3, -0.25) is 18.7 Å². The highest BCUT2D eigenvalue weighted by Crippen LogP contribution is 2.20. The van der Waals surface area contributed by atoms with Crippen LogP contribution in [0.15, 0.2) is 36.8 Å². The molecule has 3 rings (SSSR count). The highest BCUT2D eigenvalue weighted by Gasteiger charge is 2.18. The van der Waals surface area contributed by atoms with Crippen LogP contribution in [-0.2, 0) is 24.9 Å². The molecule has 0 aliphatic carbocycles. The van der Waals surface area contributed by atoms with Gasteiger partial charge in [0.05, 0.1) is 23.3 Å². The van der Waals surface area contributed by atoms with Crippen LogP contribution in [0.3, 0.4) is 0 Å². The fraction of sp³-hybridized carbons (Fsp3) is 0.250. The predicted molar refractivity (Wildman–Crippen MR) is 99.4 cm³/mol. The van der Waals surface area contributed by atoms with Crippen molar-refractivity contribution in [3.8, 4) is 0 Å². The summed E-state index contributed by atoms with van der Waals surface area (Å²) in [6, 6.07) is 4.22. The molecule has 0 saturated heterocycles. The fourth-order valence-corrected chi connectivity index (χ4v) is 3.62. The lowest BCUT2D eigenvalue weighted by Gasteiger charge is -2.18. The molecule has 0 spiro atoms. The Balaban J connectivity index is 1.72. The van der Waals surface area contributed by atoms with Crippen LogP contribution in [0.1, 0.15) is 37.7 Å². The van der Waals surface area contributed by atoms with Gasteiger partial charge in [-0.2, -0.15) is 5.10 Å². The quantitative estimate of drug-likeness (QED) is 0.565. The molecule has 1 amide bonds. The van der Waals surface area contributed by atoms with Gasteiger partial charge in [-0.1, -0.05) is 6.07 Å². The molecule has 0 saturated carbocycles. The Hall–Kier alpha value is -2.47.